The first-order valence-electron chi connectivity index (χ1n) is 10.4. The van der Waals surface area contributed by atoms with Crippen molar-refractivity contribution in [3.63, 3.8) is 0 Å². The first-order valence-corrected chi connectivity index (χ1v) is 10.4. The van der Waals surface area contributed by atoms with Crippen LogP contribution in [0.5, 0.6) is 11.5 Å². The lowest BCUT2D eigenvalue weighted by Gasteiger charge is -2.50. The molecule has 2 saturated heterocycles. The fraction of sp³-hybridized carbons (Fsp3) is 0.565. The topological polar surface area (TPSA) is 132 Å². The van der Waals surface area contributed by atoms with E-state index in [1.807, 2.05) is 0 Å². The molecule has 0 radical (unpaired) electrons. The molecule has 0 aromatic heterocycles. The monoisotopic (exact) mass is 420 g/mol. The van der Waals surface area contributed by atoms with E-state index in [4.69, 9.17) is 24.4 Å². The van der Waals surface area contributed by atoms with Crippen molar-refractivity contribution in [2.45, 2.75) is 50.4 Å². The van der Waals surface area contributed by atoms with Crippen LogP contribution in [0, 0.1) is 56.2 Å². The van der Waals surface area contributed by atoms with Gasteiger partial charge in [-0.1, -0.05) is 19.3 Å². The van der Waals surface area contributed by atoms with Crippen LogP contribution in [-0.4, -0.2) is 25.9 Å². The van der Waals surface area contributed by atoms with E-state index in [1.165, 1.54) is 14.2 Å². The molecule has 1 aromatic rings. The van der Waals surface area contributed by atoms with Crippen molar-refractivity contribution < 1.29 is 18.9 Å². The van der Waals surface area contributed by atoms with Crippen LogP contribution in [0.2, 0.25) is 0 Å². The third-order valence-electron chi connectivity index (χ3n) is 7.04. The largest absolute Gasteiger partial charge is 0.497 e. The molecule has 1 aliphatic carbocycles. The van der Waals surface area contributed by atoms with Gasteiger partial charge < -0.3 is 18.9 Å². The van der Waals surface area contributed by atoms with Gasteiger partial charge in [-0.2, -0.15) is 15.8 Å². The average molecular weight is 420 g/mol. The fourth-order valence-electron chi connectivity index (χ4n) is 5.53. The molecule has 3 fully saturated rings. The van der Waals surface area contributed by atoms with Crippen LogP contribution < -0.4 is 9.47 Å². The van der Waals surface area contributed by atoms with Crippen molar-refractivity contribution in [1.82, 2.24) is 0 Å². The van der Waals surface area contributed by atoms with Gasteiger partial charge in [0.15, 0.2) is 5.41 Å². The van der Waals surface area contributed by atoms with Gasteiger partial charge in [-0.05, 0) is 25.0 Å². The van der Waals surface area contributed by atoms with Gasteiger partial charge >= 0.3 is 0 Å². The number of rotatable bonds is 3. The maximum Gasteiger partial charge on any atom is 0.217 e. The van der Waals surface area contributed by atoms with Crippen LogP contribution in [0.1, 0.15) is 50.2 Å². The molecule has 1 N–H and O–H groups in total. The van der Waals surface area contributed by atoms with Gasteiger partial charge in [-0.15, -0.1) is 0 Å². The lowest BCUT2D eigenvalue weighted by molar-refractivity contribution is -0.289. The summed E-state index contributed by atoms with van der Waals surface area (Å²) in [7, 11) is 3.00. The summed E-state index contributed by atoms with van der Waals surface area (Å²) in [6, 6.07) is 11.4. The van der Waals surface area contributed by atoms with Gasteiger partial charge in [0, 0.05) is 18.1 Å². The van der Waals surface area contributed by atoms with E-state index in [1.54, 1.807) is 18.2 Å². The van der Waals surface area contributed by atoms with Gasteiger partial charge in [0.2, 0.25) is 17.1 Å². The lowest BCUT2D eigenvalue weighted by atomic mass is 9.52. The first-order chi connectivity index (χ1) is 15.0. The zero-order chi connectivity index (χ0) is 22.3. The Hall–Kier alpha value is -3.28. The molecular formula is C23H24N4O4. The van der Waals surface area contributed by atoms with E-state index in [9.17, 15) is 15.8 Å². The highest BCUT2D eigenvalue weighted by Gasteiger charge is 2.80. The zero-order valence-electron chi connectivity index (χ0n) is 17.6. The minimum absolute atomic E-state index is 0.347. The molecule has 1 saturated carbocycles. The standard InChI is InChI=1S/C23H24N4O4/c1-28-15-8-9-16(17(11-15)29-2)19-21(12-24,13-25)22(14-26)18-7-5-3-4-6-10-23(18,30-19)31-20(22)27/h8-9,11,18-19,27H,3-7,10H2,1-2H3. The van der Waals surface area contributed by atoms with Crippen molar-refractivity contribution >= 4 is 5.90 Å². The highest BCUT2D eigenvalue weighted by Crippen LogP contribution is 2.69. The smallest absolute Gasteiger partial charge is 0.217 e. The third-order valence-corrected chi connectivity index (χ3v) is 7.04. The molecule has 8 nitrogen and oxygen atoms in total. The van der Waals surface area contributed by atoms with Crippen LogP contribution in [0.15, 0.2) is 18.2 Å². The molecule has 2 bridgehead atoms. The van der Waals surface area contributed by atoms with Crippen LogP contribution in [-0.2, 0) is 9.47 Å². The summed E-state index contributed by atoms with van der Waals surface area (Å²) in [5.41, 5.74) is -3.27. The second-order valence-corrected chi connectivity index (χ2v) is 8.31. The Kier molecular flexibility index (Phi) is 5.04. The molecule has 2 heterocycles. The van der Waals surface area contributed by atoms with Crippen molar-refractivity contribution in [2.75, 3.05) is 14.2 Å². The number of nitrogens with one attached hydrogen (secondary N) is 1. The highest BCUT2D eigenvalue weighted by atomic mass is 16.7. The van der Waals surface area contributed by atoms with Crippen molar-refractivity contribution in [3.05, 3.63) is 23.8 Å². The number of hydrogen-bond acceptors (Lipinski definition) is 8. The predicted molar refractivity (Wildman–Crippen MR) is 108 cm³/mol. The van der Waals surface area contributed by atoms with Crippen LogP contribution in [0.25, 0.3) is 0 Å². The number of nitrogens with zero attached hydrogens (tertiary/aromatic N) is 3. The fourth-order valence-corrected chi connectivity index (χ4v) is 5.53. The van der Waals surface area contributed by atoms with Gasteiger partial charge in [-0.3, -0.25) is 5.41 Å². The van der Waals surface area contributed by atoms with Crippen molar-refractivity contribution in [1.29, 1.82) is 21.2 Å². The van der Waals surface area contributed by atoms with Gasteiger partial charge in [0.1, 0.15) is 17.6 Å². The molecule has 160 valence electrons. The van der Waals surface area contributed by atoms with Gasteiger partial charge in [0.25, 0.3) is 0 Å². The molecule has 1 aromatic carbocycles. The van der Waals surface area contributed by atoms with Crippen LogP contribution in [0.4, 0.5) is 0 Å². The Labute approximate surface area is 181 Å². The average Bonchev–Trinajstić information content (AvgIpc) is 2.95. The highest BCUT2D eigenvalue weighted by molar-refractivity contribution is 5.89. The molecule has 4 rings (SSSR count). The molecule has 4 unspecified atom stereocenters. The summed E-state index contributed by atoms with van der Waals surface area (Å²) in [5, 5.41) is 39.8. The Balaban J connectivity index is 1.99. The Morgan fingerprint density at radius 2 is 1.77 bits per heavy atom. The predicted octanol–water partition coefficient (Wildman–Crippen LogP) is 3.99. The Bertz CT molecular complexity index is 1020. The van der Waals surface area contributed by atoms with E-state index in [0.717, 1.165) is 25.7 Å². The summed E-state index contributed by atoms with van der Waals surface area (Å²) >= 11 is 0. The zero-order valence-corrected chi connectivity index (χ0v) is 17.6. The molecule has 8 heteroatoms. The minimum atomic E-state index is -1.98. The van der Waals surface area contributed by atoms with Gasteiger partial charge in [0.05, 0.1) is 38.3 Å². The lowest BCUT2D eigenvalue weighted by Crippen LogP contribution is -2.59. The second kappa shape index (κ2) is 7.45. The molecule has 4 atom stereocenters. The van der Waals surface area contributed by atoms with Gasteiger partial charge in [-0.25, -0.2) is 0 Å². The third kappa shape index (κ3) is 2.57. The van der Waals surface area contributed by atoms with E-state index < -0.39 is 28.6 Å². The summed E-state index contributed by atoms with van der Waals surface area (Å²) < 4.78 is 23.3. The Morgan fingerprint density at radius 1 is 1.03 bits per heavy atom. The van der Waals surface area contributed by atoms with Crippen molar-refractivity contribution in [3.8, 4) is 29.7 Å². The van der Waals surface area contributed by atoms with E-state index in [-0.39, 0.29) is 5.90 Å². The van der Waals surface area contributed by atoms with Crippen LogP contribution >= 0.6 is 0 Å². The maximum atomic E-state index is 10.4. The SMILES string of the molecule is COc1ccc(C2OC34CCCCCCC3C(C#N)(C(=N)O4)C2(C#N)C#N)c(OC)c1. The normalized spacial score (nSPS) is 33.3. The van der Waals surface area contributed by atoms with E-state index in [0.29, 0.717) is 29.9 Å². The summed E-state index contributed by atoms with van der Waals surface area (Å²) in [6.45, 7) is 0. The molecule has 0 amide bonds. The number of hydrogen-bond donors (Lipinski definition) is 1. The molecule has 2 aliphatic heterocycles. The number of methoxy groups -OCH3 is 2. The second-order valence-electron chi connectivity index (χ2n) is 8.31. The maximum absolute atomic E-state index is 10.4. The quantitative estimate of drug-likeness (QED) is 0.781. The van der Waals surface area contributed by atoms with E-state index >= 15 is 0 Å². The molecule has 3 aliphatic rings. The Morgan fingerprint density at radius 3 is 2.42 bits per heavy atom. The first kappa shape index (κ1) is 21.0. The summed E-state index contributed by atoms with van der Waals surface area (Å²) in [6.07, 6.45) is 3.51. The van der Waals surface area contributed by atoms with Crippen molar-refractivity contribution in [2.24, 2.45) is 16.7 Å². The van der Waals surface area contributed by atoms with E-state index in [2.05, 4.69) is 18.2 Å². The molecular weight excluding hydrogens is 396 g/mol. The summed E-state index contributed by atoms with van der Waals surface area (Å²) in [4.78, 5) is 0. The molecule has 31 heavy (non-hydrogen) atoms. The minimum Gasteiger partial charge on any atom is -0.497 e. The summed E-state index contributed by atoms with van der Waals surface area (Å²) in [5.74, 6) is -1.23. The van der Waals surface area contributed by atoms with Crippen LogP contribution in [0.3, 0.4) is 0 Å². The number of ether oxygens (including phenoxy) is 4. The number of benzene rings is 1. The molecule has 0 spiro atoms. The number of nitriles is 3.